The Morgan fingerprint density at radius 2 is 2.28 bits per heavy atom. The maximum Gasteiger partial charge on any atom is 0.350 e. The van der Waals surface area contributed by atoms with Gasteiger partial charge in [0.2, 0.25) is 6.10 Å². The van der Waals surface area contributed by atoms with Crippen molar-refractivity contribution in [3.63, 3.8) is 0 Å². The van der Waals surface area contributed by atoms with Crippen molar-refractivity contribution in [3.05, 3.63) is 39.9 Å². The standard InChI is InChI=1S/C11H10N2O5/c1-17-11(14)10-6-8(12-18-10)7-4-2-3-5-9(7)13(15)16/h2-5,10H,6H2,1H3. The minimum Gasteiger partial charge on any atom is -0.466 e. The number of nitro groups is 1. The van der Waals surface area contributed by atoms with Gasteiger partial charge in [0.05, 0.1) is 23.3 Å². The summed E-state index contributed by atoms with van der Waals surface area (Å²) in [5.41, 5.74) is 0.664. The third kappa shape index (κ3) is 2.15. The molecule has 0 aliphatic carbocycles. The third-order valence-corrected chi connectivity index (χ3v) is 2.54. The molecule has 18 heavy (non-hydrogen) atoms. The molecule has 1 aliphatic heterocycles. The van der Waals surface area contributed by atoms with E-state index in [0.29, 0.717) is 11.3 Å². The highest BCUT2D eigenvalue weighted by Gasteiger charge is 2.32. The minimum absolute atomic E-state index is 0.0645. The molecule has 1 heterocycles. The smallest absolute Gasteiger partial charge is 0.350 e. The monoisotopic (exact) mass is 250 g/mol. The van der Waals surface area contributed by atoms with E-state index >= 15 is 0 Å². The first kappa shape index (κ1) is 12.0. The fourth-order valence-corrected chi connectivity index (χ4v) is 1.67. The maximum atomic E-state index is 11.3. The second-order valence-electron chi connectivity index (χ2n) is 3.63. The maximum absolute atomic E-state index is 11.3. The van der Waals surface area contributed by atoms with Crippen molar-refractivity contribution >= 4 is 17.4 Å². The number of rotatable bonds is 3. The Labute approximate surface area is 102 Å². The van der Waals surface area contributed by atoms with Crippen LogP contribution < -0.4 is 0 Å². The van der Waals surface area contributed by atoms with Crippen molar-refractivity contribution in [2.75, 3.05) is 7.11 Å². The van der Waals surface area contributed by atoms with E-state index in [0.717, 1.165) is 0 Å². The zero-order valence-electron chi connectivity index (χ0n) is 9.53. The van der Waals surface area contributed by atoms with Crippen LogP contribution in [0.2, 0.25) is 0 Å². The summed E-state index contributed by atoms with van der Waals surface area (Å²) in [6.45, 7) is 0. The van der Waals surface area contributed by atoms with E-state index in [1.165, 1.54) is 13.2 Å². The molecule has 1 aromatic carbocycles. The van der Waals surface area contributed by atoms with Gasteiger partial charge >= 0.3 is 5.97 Å². The topological polar surface area (TPSA) is 91.0 Å². The largest absolute Gasteiger partial charge is 0.466 e. The van der Waals surface area contributed by atoms with Crippen LogP contribution in [-0.4, -0.2) is 29.8 Å². The number of hydrogen-bond acceptors (Lipinski definition) is 6. The summed E-state index contributed by atoms with van der Waals surface area (Å²) in [7, 11) is 1.24. The summed E-state index contributed by atoms with van der Waals surface area (Å²) in [4.78, 5) is 26.5. The number of hydrogen-bond donors (Lipinski definition) is 0. The number of oxime groups is 1. The molecule has 7 heteroatoms. The van der Waals surface area contributed by atoms with Gasteiger partial charge in [-0.2, -0.15) is 0 Å². The molecule has 0 amide bonds. The summed E-state index contributed by atoms with van der Waals surface area (Å²) < 4.78 is 4.52. The molecule has 0 fully saturated rings. The molecule has 1 unspecified atom stereocenters. The number of ether oxygens (including phenoxy) is 1. The fraction of sp³-hybridized carbons (Fsp3) is 0.273. The van der Waals surface area contributed by atoms with E-state index in [1.807, 2.05) is 0 Å². The van der Waals surface area contributed by atoms with E-state index in [9.17, 15) is 14.9 Å². The van der Waals surface area contributed by atoms with Crippen molar-refractivity contribution in [2.45, 2.75) is 12.5 Å². The Hall–Kier alpha value is -2.44. The van der Waals surface area contributed by atoms with Crippen LogP contribution in [0.1, 0.15) is 12.0 Å². The summed E-state index contributed by atoms with van der Waals surface area (Å²) in [5, 5.41) is 14.6. The Balaban J connectivity index is 2.25. The molecule has 0 N–H and O–H groups in total. The predicted octanol–water partition coefficient (Wildman–Crippen LogP) is 1.26. The van der Waals surface area contributed by atoms with Crippen LogP contribution in [0.25, 0.3) is 0 Å². The van der Waals surface area contributed by atoms with Crippen LogP contribution in [-0.2, 0) is 14.4 Å². The molecule has 1 aromatic rings. The summed E-state index contributed by atoms with van der Waals surface area (Å²) in [6.07, 6.45) is -0.665. The summed E-state index contributed by atoms with van der Waals surface area (Å²) >= 11 is 0. The molecule has 0 radical (unpaired) electrons. The Morgan fingerprint density at radius 1 is 1.56 bits per heavy atom. The van der Waals surface area contributed by atoms with E-state index < -0.39 is 17.0 Å². The summed E-state index contributed by atoms with van der Waals surface area (Å²) in [6, 6.07) is 6.18. The van der Waals surface area contributed by atoms with Gasteiger partial charge in [-0.1, -0.05) is 17.3 Å². The van der Waals surface area contributed by atoms with E-state index in [-0.39, 0.29) is 12.1 Å². The molecule has 0 saturated heterocycles. The lowest BCUT2D eigenvalue weighted by molar-refractivity contribution is -0.385. The van der Waals surface area contributed by atoms with Gasteiger partial charge in [-0.25, -0.2) is 4.79 Å². The Bertz CT molecular complexity index is 526. The predicted molar refractivity (Wildman–Crippen MR) is 61.1 cm³/mol. The SMILES string of the molecule is COC(=O)C1CC(c2ccccc2[N+](=O)[O-])=NO1. The van der Waals surface area contributed by atoms with Crippen molar-refractivity contribution < 1.29 is 19.3 Å². The van der Waals surface area contributed by atoms with Crippen molar-refractivity contribution in [2.24, 2.45) is 5.16 Å². The number of carbonyl (C=O) groups excluding carboxylic acids is 1. The van der Waals surface area contributed by atoms with E-state index in [1.54, 1.807) is 18.2 Å². The number of nitrogens with zero attached hydrogens (tertiary/aromatic N) is 2. The molecular weight excluding hydrogens is 240 g/mol. The molecule has 1 aliphatic rings. The second kappa shape index (κ2) is 4.82. The highest BCUT2D eigenvalue weighted by Crippen LogP contribution is 2.24. The zero-order chi connectivity index (χ0) is 13.1. The van der Waals surface area contributed by atoms with Crippen LogP contribution in [0.3, 0.4) is 0 Å². The lowest BCUT2D eigenvalue weighted by Crippen LogP contribution is -2.22. The van der Waals surface area contributed by atoms with Crippen LogP contribution in [0.15, 0.2) is 29.4 Å². The normalized spacial score (nSPS) is 17.8. The van der Waals surface area contributed by atoms with Crippen molar-refractivity contribution in [1.82, 2.24) is 0 Å². The van der Waals surface area contributed by atoms with Gasteiger partial charge in [0.25, 0.3) is 5.69 Å². The van der Waals surface area contributed by atoms with Crippen LogP contribution in [0.4, 0.5) is 5.69 Å². The molecule has 0 aromatic heterocycles. The molecular formula is C11H10N2O5. The molecule has 2 rings (SSSR count). The van der Waals surface area contributed by atoms with Gasteiger partial charge in [-0.05, 0) is 6.07 Å². The molecule has 94 valence electrons. The number of carbonyl (C=O) groups is 1. The Kier molecular flexibility index (Phi) is 3.22. The van der Waals surface area contributed by atoms with E-state index in [2.05, 4.69) is 9.89 Å². The number of esters is 1. The fourth-order valence-electron chi connectivity index (χ4n) is 1.67. The first-order valence-electron chi connectivity index (χ1n) is 5.17. The minimum atomic E-state index is -0.829. The zero-order valence-corrected chi connectivity index (χ0v) is 9.53. The second-order valence-corrected chi connectivity index (χ2v) is 3.63. The Morgan fingerprint density at radius 3 is 2.94 bits per heavy atom. The van der Waals surface area contributed by atoms with E-state index in [4.69, 9.17) is 4.84 Å². The highest BCUT2D eigenvalue weighted by atomic mass is 16.7. The molecule has 1 atom stereocenters. The first-order valence-corrected chi connectivity index (χ1v) is 5.17. The van der Waals surface area contributed by atoms with Crippen LogP contribution in [0.5, 0.6) is 0 Å². The quantitative estimate of drug-likeness (QED) is 0.457. The van der Waals surface area contributed by atoms with Gasteiger partial charge < -0.3 is 9.57 Å². The van der Waals surface area contributed by atoms with Crippen LogP contribution in [0, 0.1) is 10.1 Å². The first-order chi connectivity index (χ1) is 8.63. The average molecular weight is 250 g/mol. The van der Waals surface area contributed by atoms with Gasteiger partial charge in [-0.15, -0.1) is 0 Å². The van der Waals surface area contributed by atoms with Gasteiger partial charge in [0.1, 0.15) is 0 Å². The molecule has 0 spiro atoms. The number of para-hydroxylation sites is 1. The van der Waals surface area contributed by atoms with Crippen molar-refractivity contribution in [3.8, 4) is 0 Å². The number of benzene rings is 1. The molecule has 0 bridgehead atoms. The third-order valence-electron chi connectivity index (χ3n) is 2.54. The molecule has 7 nitrogen and oxygen atoms in total. The van der Waals surface area contributed by atoms with Gasteiger partial charge in [-0.3, -0.25) is 10.1 Å². The number of methoxy groups -OCH3 is 1. The lowest BCUT2D eigenvalue weighted by Gasteiger charge is -2.04. The summed E-state index contributed by atoms with van der Waals surface area (Å²) in [5.74, 6) is -0.549. The van der Waals surface area contributed by atoms with Crippen molar-refractivity contribution in [1.29, 1.82) is 0 Å². The average Bonchev–Trinajstić information content (AvgIpc) is 2.87. The van der Waals surface area contributed by atoms with Gasteiger partial charge in [0, 0.05) is 12.5 Å². The number of nitro benzene ring substituents is 1. The van der Waals surface area contributed by atoms with Gasteiger partial charge in [0.15, 0.2) is 0 Å². The molecule has 0 saturated carbocycles. The highest BCUT2D eigenvalue weighted by molar-refractivity contribution is 6.06. The lowest BCUT2D eigenvalue weighted by atomic mass is 10.0. The van der Waals surface area contributed by atoms with Crippen LogP contribution >= 0.6 is 0 Å².